The largest absolute Gasteiger partial charge is 0.496 e. The third-order valence-electron chi connectivity index (χ3n) is 2.74. The fraction of sp³-hybridized carbons (Fsp3) is 0.231. The molecule has 0 aliphatic carbocycles. The fourth-order valence-corrected chi connectivity index (χ4v) is 2.82. The van der Waals surface area contributed by atoms with Crippen LogP contribution in [0.1, 0.15) is 5.56 Å². The number of hydrogen-bond donors (Lipinski definition) is 1. The van der Waals surface area contributed by atoms with E-state index in [2.05, 4.69) is 14.7 Å². The minimum absolute atomic E-state index is 0.136. The van der Waals surface area contributed by atoms with Crippen molar-refractivity contribution >= 4 is 15.7 Å². The lowest BCUT2D eigenvalue weighted by Crippen LogP contribution is -2.13. The lowest BCUT2D eigenvalue weighted by Gasteiger charge is -2.10. The Labute approximate surface area is 123 Å². The molecule has 0 fully saturated rings. The maximum Gasteiger partial charge on any atom is 0.316 e. The first kappa shape index (κ1) is 15.0. The zero-order chi connectivity index (χ0) is 15.5. The highest BCUT2D eigenvalue weighted by atomic mass is 32.2. The van der Waals surface area contributed by atoms with Crippen LogP contribution < -0.4 is 14.2 Å². The summed E-state index contributed by atoms with van der Waals surface area (Å²) in [5.41, 5.74) is 0.982. The Hall–Kier alpha value is -2.35. The molecule has 1 aromatic carbocycles. The zero-order valence-electron chi connectivity index (χ0n) is 11.8. The Morgan fingerprint density at radius 3 is 2.29 bits per heavy atom. The Morgan fingerprint density at radius 1 is 1.10 bits per heavy atom. The van der Waals surface area contributed by atoms with Crippen LogP contribution in [-0.4, -0.2) is 32.6 Å². The van der Waals surface area contributed by atoms with E-state index in [4.69, 9.17) is 9.47 Å². The van der Waals surface area contributed by atoms with Gasteiger partial charge in [-0.25, -0.2) is 18.4 Å². The molecule has 2 aromatic rings. The summed E-state index contributed by atoms with van der Waals surface area (Å²) in [5.74, 6) is 0.627. The number of aromatic nitrogens is 2. The van der Waals surface area contributed by atoms with Crippen LogP contribution in [0, 0.1) is 6.92 Å². The monoisotopic (exact) mass is 309 g/mol. The van der Waals surface area contributed by atoms with Crippen LogP contribution in [0.2, 0.25) is 0 Å². The lowest BCUT2D eigenvalue weighted by atomic mass is 10.2. The molecule has 1 heterocycles. The van der Waals surface area contributed by atoms with E-state index in [1.165, 1.54) is 38.7 Å². The van der Waals surface area contributed by atoms with Crippen molar-refractivity contribution in [2.24, 2.45) is 0 Å². The molecule has 1 aromatic heterocycles. The Morgan fingerprint density at radius 2 is 1.76 bits per heavy atom. The molecule has 0 saturated carbocycles. The second-order valence-electron chi connectivity index (χ2n) is 4.20. The van der Waals surface area contributed by atoms with Crippen LogP contribution in [0.3, 0.4) is 0 Å². The normalized spacial score (nSPS) is 11.0. The molecule has 0 radical (unpaired) electrons. The van der Waals surface area contributed by atoms with Gasteiger partial charge in [-0.15, -0.1) is 0 Å². The average molecular weight is 309 g/mol. The number of methoxy groups -OCH3 is 2. The quantitative estimate of drug-likeness (QED) is 0.902. The van der Waals surface area contributed by atoms with Gasteiger partial charge in [0.05, 0.1) is 37.2 Å². The van der Waals surface area contributed by atoms with Gasteiger partial charge in [-0.3, -0.25) is 4.72 Å². The zero-order valence-corrected chi connectivity index (χ0v) is 12.6. The van der Waals surface area contributed by atoms with Crippen LogP contribution in [0.15, 0.2) is 35.5 Å². The van der Waals surface area contributed by atoms with Crippen molar-refractivity contribution in [2.75, 3.05) is 18.9 Å². The number of nitrogens with one attached hydrogen (secondary N) is 1. The van der Waals surface area contributed by atoms with Gasteiger partial charge in [-0.2, -0.15) is 0 Å². The molecule has 21 heavy (non-hydrogen) atoms. The summed E-state index contributed by atoms with van der Waals surface area (Å²) in [6.07, 6.45) is 2.67. The third kappa shape index (κ3) is 3.40. The minimum atomic E-state index is -3.71. The van der Waals surface area contributed by atoms with Gasteiger partial charge >= 0.3 is 6.01 Å². The van der Waals surface area contributed by atoms with Gasteiger partial charge in [-0.05, 0) is 30.7 Å². The number of hydrogen-bond acceptors (Lipinski definition) is 6. The molecule has 0 saturated heterocycles. The molecule has 0 bridgehead atoms. The molecule has 1 N–H and O–H groups in total. The molecular formula is C13H15N3O4S. The van der Waals surface area contributed by atoms with E-state index in [0.29, 0.717) is 5.75 Å². The van der Waals surface area contributed by atoms with Gasteiger partial charge in [-0.1, -0.05) is 0 Å². The van der Waals surface area contributed by atoms with Crippen molar-refractivity contribution in [3.63, 3.8) is 0 Å². The molecule has 0 amide bonds. The molecule has 0 unspecified atom stereocenters. The van der Waals surface area contributed by atoms with Gasteiger partial charge in [0.1, 0.15) is 5.75 Å². The van der Waals surface area contributed by atoms with E-state index >= 15 is 0 Å². The van der Waals surface area contributed by atoms with Crippen LogP contribution >= 0.6 is 0 Å². The smallest absolute Gasteiger partial charge is 0.316 e. The predicted octanol–water partition coefficient (Wildman–Crippen LogP) is 1.60. The molecule has 7 nitrogen and oxygen atoms in total. The SMILES string of the molecule is COc1ncc(NS(=O)(=O)c2ccc(OC)c(C)c2)cn1. The summed E-state index contributed by atoms with van der Waals surface area (Å²) in [4.78, 5) is 7.82. The number of aryl methyl sites for hydroxylation is 1. The number of ether oxygens (including phenoxy) is 2. The van der Waals surface area contributed by atoms with Gasteiger partial charge in [0.25, 0.3) is 10.0 Å². The first-order valence-corrected chi connectivity index (χ1v) is 7.48. The van der Waals surface area contributed by atoms with Crippen LogP contribution in [0.4, 0.5) is 5.69 Å². The summed E-state index contributed by atoms with van der Waals surface area (Å²) in [6, 6.07) is 4.77. The van der Waals surface area contributed by atoms with Gasteiger partial charge in [0.2, 0.25) is 0 Å². The Kier molecular flexibility index (Phi) is 4.27. The van der Waals surface area contributed by atoms with Gasteiger partial charge in [0, 0.05) is 0 Å². The van der Waals surface area contributed by atoms with E-state index in [1.807, 2.05) is 0 Å². The fourth-order valence-electron chi connectivity index (χ4n) is 1.71. The minimum Gasteiger partial charge on any atom is -0.496 e. The molecule has 2 rings (SSSR count). The highest BCUT2D eigenvalue weighted by molar-refractivity contribution is 7.92. The lowest BCUT2D eigenvalue weighted by molar-refractivity contribution is 0.380. The molecular weight excluding hydrogens is 294 g/mol. The van der Waals surface area contributed by atoms with Crippen LogP contribution in [0.25, 0.3) is 0 Å². The van der Waals surface area contributed by atoms with E-state index in [0.717, 1.165) is 5.56 Å². The van der Waals surface area contributed by atoms with Crippen molar-refractivity contribution in [3.05, 3.63) is 36.2 Å². The molecule has 0 spiro atoms. The predicted molar refractivity (Wildman–Crippen MR) is 77.1 cm³/mol. The molecule has 0 atom stereocenters. The van der Waals surface area contributed by atoms with E-state index < -0.39 is 10.0 Å². The molecule has 112 valence electrons. The number of anilines is 1. The molecule has 8 heteroatoms. The standard InChI is InChI=1S/C13H15N3O4S/c1-9-6-11(4-5-12(9)19-2)21(17,18)16-10-7-14-13(20-3)15-8-10/h4-8,16H,1-3H3. The summed E-state index contributed by atoms with van der Waals surface area (Å²) in [7, 11) is -0.746. The van der Waals surface area contributed by atoms with Crippen molar-refractivity contribution in [1.29, 1.82) is 0 Å². The molecule has 0 aliphatic heterocycles. The highest BCUT2D eigenvalue weighted by Crippen LogP contribution is 2.23. The van der Waals surface area contributed by atoms with Crippen LogP contribution in [-0.2, 0) is 10.0 Å². The van der Waals surface area contributed by atoms with Crippen LogP contribution in [0.5, 0.6) is 11.8 Å². The Bertz CT molecular complexity index is 730. The van der Waals surface area contributed by atoms with Gasteiger partial charge < -0.3 is 9.47 Å². The Balaban J connectivity index is 2.26. The highest BCUT2D eigenvalue weighted by Gasteiger charge is 2.16. The number of rotatable bonds is 5. The van der Waals surface area contributed by atoms with E-state index in [1.54, 1.807) is 13.0 Å². The van der Waals surface area contributed by atoms with E-state index in [9.17, 15) is 8.42 Å². The second kappa shape index (κ2) is 5.96. The van der Waals surface area contributed by atoms with Crippen molar-refractivity contribution in [1.82, 2.24) is 9.97 Å². The third-order valence-corrected chi connectivity index (χ3v) is 4.12. The number of nitrogens with zero attached hydrogens (tertiary/aromatic N) is 2. The van der Waals surface area contributed by atoms with Crippen molar-refractivity contribution in [3.8, 4) is 11.8 Å². The maximum absolute atomic E-state index is 12.3. The maximum atomic E-state index is 12.3. The molecule has 0 aliphatic rings. The topological polar surface area (TPSA) is 90.4 Å². The summed E-state index contributed by atoms with van der Waals surface area (Å²) in [5, 5.41) is 0. The van der Waals surface area contributed by atoms with Gasteiger partial charge in [0.15, 0.2) is 0 Å². The van der Waals surface area contributed by atoms with Crippen molar-refractivity contribution < 1.29 is 17.9 Å². The summed E-state index contributed by atoms with van der Waals surface area (Å²) < 4.78 is 36.9. The number of benzene rings is 1. The summed E-state index contributed by atoms with van der Waals surface area (Å²) >= 11 is 0. The second-order valence-corrected chi connectivity index (χ2v) is 5.88. The number of sulfonamides is 1. The van der Waals surface area contributed by atoms with E-state index in [-0.39, 0.29) is 16.6 Å². The summed E-state index contributed by atoms with van der Waals surface area (Å²) in [6.45, 7) is 1.77. The van der Waals surface area contributed by atoms with Crippen molar-refractivity contribution in [2.45, 2.75) is 11.8 Å². The first-order valence-electron chi connectivity index (χ1n) is 6.00. The average Bonchev–Trinajstić information content (AvgIpc) is 2.47. The first-order chi connectivity index (χ1) is 9.96.